The number of methoxy groups -OCH3 is 2. The quantitative estimate of drug-likeness (QED) is 0.448. The molecule has 0 amide bonds. The van der Waals surface area contributed by atoms with E-state index in [1.165, 1.54) is 7.11 Å². The molecule has 0 aromatic rings. The van der Waals surface area contributed by atoms with Crippen LogP contribution in [0.3, 0.4) is 0 Å². The minimum atomic E-state index is -1.64. The molecule has 7 heteroatoms. The Morgan fingerprint density at radius 2 is 1.80 bits per heavy atom. The molecule has 0 aliphatic carbocycles. The SMILES string of the molecule is COC(=O)[C@@H]1O[C@H](O)C(O)C(O)[C@H]1OC. The van der Waals surface area contributed by atoms with Crippen LogP contribution in [0.5, 0.6) is 0 Å². The smallest absolute Gasteiger partial charge is 0.337 e. The van der Waals surface area contributed by atoms with Crippen LogP contribution in [0.1, 0.15) is 0 Å². The fourth-order valence-corrected chi connectivity index (χ4v) is 1.42. The lowest BCUT2D eigenvalue weighted by Crippen LogP contribution is -2.60. The lowest BCUT2D eigenvalue weighted by molar-refractivity contribution is -0.284. The van der Waals surface area contributed by atoms with Gasteiger partial charge >= 0.3 is 5.97 Å². The Hall–Kier alpha value is -0.730. The normalized spacial score (nSPS) is 41.3. The monoisotopic (exact) mass is 222 g/mol. The first-order valence-corrected chi connectivity index (χ1v) is 4.33. The van der Waals surface area contributed by atoms with Crippen molar-refractivity contribution in [1.82, 2.24) is 0 Å². The topological polar surface area (TPSA) is 105 Å². The van der Waals surface area contributed by atoms with Gasteiger partial charge in [-0.1, -0.05) is 0 Å². The summed E-state index contributed by atoms with van der Waals surface area (Å²) in [6.45, 7) is 0. The van der Waals surface area contributed by atoms with E-state index < -0.39 is 36.7 Å². The largest absolute Gasteiger partial charge is 0.467 e. The molecule has 1 aliphatic rings. The van der Waals surface area contributed by atoms with Crippen LogP contribution >= 0.6 is 0 Å². The summed E-state index contributed by atoms with van der Waals surface area (Å²) in [4.78, 5) is 11.2. The Morgan fingerprint density at radius 3 is 2.27 bits per heavy atom. The maximum Gasteiger partial charge on any atom is 0.337 e. The third-order valence-corrected chi connectivity index (χ3v) is 2.27. The standard InChI is InChI=1S/C8H14O7/c1-13-5-3(9)4(10)7(11)15-6(5)8(12)14-2/h3-7,9-11H,1-2H3/t3?,4?,5-,6-,7+/m1/s1. The first kappa shape index (κ1) is 12.3. The van der Waals surface area contributed by atoms with E-state index in [1.54, 1.807) is 0 Å². The van der Waals surface area contributed by atoms with E-state index in [-0.39, 0.29) is 0 Å². The molecule has 1 rings (SSSR count). The third-order valence-electron chi connectivity index (χ3n) is 2.27. The van der Waals surface area contributed by atoms with E-state index in [0.29, 0.717) is 0 Å². The molecule has 1 saturated heterocycles. The number of aliphatic hydroxyl groups is 3. The zero-order valence-corrected chi connectivity index (χ0v) is 8.36. The van der Waals surface area contributed by atoms with Crippen molar-refractivity contribution >= 4 is 5.97 Å². The van der Waals surface area contributed by atoms with Gasteiger partial charge < -0.3 is 29.5 Å². The second-order valence-corrected chi connectivity index (χ2v) is 3.15. The highest BCUT2D eigenvalue weighted by molar-refractivity contribution is 5.75. The minimum absolute atomic E-state index is 0.785. The van der Waals surface area contributed by atoms with Crippen molar-refractivity contribution in [1.29, 1.82) is 0 Å². The molecule has 7 nitrogen and oxygen atoms in total. The van der Waals surface area contributed by atoms with Crippen LogP contribution in [0, 0.1) is 0 Å². The molecule has 0 radical (unpaired) electrons. The second kappa shape index (κ2) is 4.86. The van der Waals surface area contributed by atoms with Gasteiger partial charge in [-0.2, -0.15) is 0 Å². The summed E-state index contributed by atoms with van der Waals surface area (Å²) < 4.78 is 14.0. The van der Waals surface area contributed by atoms with E-state index in [1.807, 2.05) is 0 Å². The number of aliphatic hydroxyl groups excluding tert-OH is 3. The number of ether oxygens (including phenoxy) is 3. The highest BCUT2D eigenvalue weighted by Gasteiger charge is 2.47. The Morgan fingerprint density at radius 1 is 1.20 bits per heavy atom. The van der Waals surface area contributed by atoms with Gasteiger partial charge in [0, 0.05) is 7.11 Å². The average molecular weight is 222 g/mol. The maximum absolute atomic E-state index is 11.2. The van der Waals surface area contributed by atoms with Crippen LogP contribution in [0.2, 0.25) is 0 Å². The number of rotatable bonds is 2. The molecule has 0 saturated carbocycles. The molecular weight excluding hydrogens is 208 g/mol. The van der Waals surface area contributed by atoms with Gasteiger partial charge in [0.25, 0.3) is 0 Å². The number of esters is 1. The van der Waals surface area contributed by atoms with E-state index in [4.69, 9.17) is 9.47 Å². The molecule has 3 N–H and O–H groups in total. The molecule has 1 fully saturated rings. The Kier molecular flexibility index (Phi) is 4.00. The number of hydrogen-bond donors (Lipinski definition) is 3. The molecule has 0 aromatic heterocycles. The number of hydrogen-bond acceptors (Lipinski definition) is 7. The van der Waals surface area contributed by atoms with E-state index in [2.05, 4.69) is 4.74 Å². The van der Waals surface area contributed by atoms with Crippen LogP contribution in [0.15, 0.2) is 0 Å². The van der Waals surface area contributed by atoms with Gasteiger partial charge in [0.05, 0.1) is 7.11 Å². The Labute approximate surface area is 86.2 Å². The summed E-state index contributed by atoms with van der Waals surface area (Å²) in [7, 11) is 2.39. The number of carbonyl (C=O) groups excluding carboxylic acids is 1. The van der Waals surface area contributed by atoms with Gasteiger partial charge in [-0.15, -0.1) is 0 Å². The summed E-state index contributed by atoms with van der Waals surface area (Å²) in [5.41, 5.74) is 0. The van der Waals surface area contributed by atoms with Gasteiger partial charge in [-0.05, 0) is 0 Å². The minimum Gasteiger partial charge on any atom is -0.467 e. The predicted octanol–water partition coefficient (Wildman–Crippen LogP) is -2.39. The lowest BCUT2D eigenvalue weighted by Gasteiger charge is -2.38. The molecule has 0 aromatic carbocycles. The summed E-state index contributed by atoms with van der Waals surface area (Å²) in [6, 6.07) is 0. The maximum atomic E-state index is 11.2. The lowest BCUT2D eigenvalue weighted by atomic mass is 9.99. The molecule has 88 valence electrons. The van der Waals surface area contributed by atoms with Gasteiger partial charge in [0.15, 0.2) is 12.4 Å². The van der Waals surface area contributed by atoms with Crippen molar-refractivity contribution in [2.75, 3.05) is 14.2 Å². The number of carbonyl (C=O) groups is 1. The zero-order valence-electron chi connectivity index (χ0n) is 8.36. The zero-order chi connectivity index (χ0) is 11.6. The molecule has 15 heavy (non-hydrogen) atoms. The highest BCUT2D eigenvalue weighted by atomic mass is 16.7. The van der Waals surface area contributed by atoms with Gasteiger partial charge in [0.1, 0.15) is 18.3 Å². The summed E-state index contributed by atoms with van der Waals surface area (Å²) in [5.74, 6) is -0.785. The van der Waals surface area contributed by atoms with Crippen LogP contribution in [-0.4, -0.2) is 66.2 Å². The van der Waals surface area contributed by atoms with Crippen LogP contribution < -0.4 is 0 Å². The fraction of sp³-hybridized carbons (Fsp3) is 0.875. The molecule has 0 bridgehead atoms. The van der Waals surface area contributed by atoms with Gasteiger partial charge in [-0.3, -0.25) is 0 Å². The average Bonchev–Trinajstić information content (AvgIpc) is 2.24. The van der Waals surface area contributed by atoms with E-state index in [0.717, 1.165) is 7.11 Å². The van der Waals surface area contributed by atoms with E-state index >= 15 is 0 Å². The Bertz CT molecular complexity index is 231. The predicted molar refractivity (Wildman–Crippen MR) is 45.7 cm³/mol. The van der Waals surface area contributed by atoms with Crippen molar-refractivity contribution in [3.8, 4) is 0 Å². The first-order chi connectivity index (χ1) is 7.02. The van der Waals surface area contributed by atoms with Crippen LogP contribution in [-0.2, 0) is 19.0 Å². The molecular formula is C8H14O7. The second-order valence-electron chi connectivity index (χ2n) is 3.15. The van der Waals surface area contributed by atoms with Crippen LogP contribution in [0.4, 0.5) is 0 Å². The van der Waals surface area contributed by atoms with Crippen molar-refractivity contribution in [3.05, 3.63) is 0 Å². The summed E-state index contributed by atoms with van der Waals surface area (Å²) in [6.07, 6.45) is -6.90. The third kappa shape index (κ3) is 2.27. The van der Waals surface area contributed by atoms with Crippen molar-refractivity contribution < 1.29 is 34.3 Å². The highest BCUT2D eigenvalue weighted by Crippen LogP contribution is 2.22. The van der Waals surface area contributed by atoms with Gasteiger partial charge in [-0.25, -0.2) is 4.79 Å². The summed E-state index contributed by atoms with van der Waals surface area (Å²) >= 11 is 0. The Balaban J connectivity index is 2.82. The van der Waals surface area contributed by atoms with Crippen molar-refractivity contribution in [2.24, 2.45) is 0 Å². The molecule has 0 spiro atoms. The van der Waals surface area contributed by atoms with E-state index in [9.17, 15) is 20.1 Å². The van der Waals surface area contributed by atoms with Gasteiger partial charge in [0.2, 0.25) is 0 Å². The van der Waals surface area contributed by atoms with Crippen molar-refractivity contribution in [2.45, 2.75) is 30.7 Å². The first-order valence-electron chi connectivity index (χ1n) is 4.33. The molecule has 5 atom stereocenters. The fourth-order valence-electron chi connectivity index (χ4n) is 1.42. The summed E-state index contributed by atoms with van der Waals surface area (Å²) in [5, 5.41) is 27.9. The molecule has 2 unspecified atom stereocenters. The van der Waals surface area contributed by atoms with Crippen LogP contribution in [0.25, 0.3) is 0 Å². The molecule has 1 aliphatic heterocycles. The van der Waals surface area contributed by atoms with Crippen molar-refractivity contribution in [3.63, 3.8) is 0 Å². The molecule has 1 heterocycles.